The zero-order valence-corrected chi connectivity index (χ0v) is 10.00. The Labute approximate surface area is 99.6 Å². The topological polar surface area (TPSA) is 38.3 Å². The van der Waals surface area contributed by atoms with Crippen LogP contribution in [0.4, 0.5) is 0 Å². The van der Waals surface area contributed by atoms with Gasteiger partial charge in [-0.1, -0.05) is 18.2 Å². The quantitative estimate of drug-likeness (QED) is 0.812. The van der Waals surface area contributed by atoms with Crippen LogP contribution in [0.3, 0.4) is 0 Å². The molecule has 0 saturated carbocycles. The van der Waals surface area contributed by atoms with E-state index in [2.05, 4.69) is 17.4 Å². The summed E-state index contributed by atoms with van der Waals surface area (Å²) in [7, 11) is 1.43. The molecule has 2 rings (SSSR count). The van der Waals surface area contributed by atoms with Crippen LogP contribution in [0, 0.1) is 0 Å². The molecule has 1 aliphatic rings. The molecule has 16 heavy (non-hydrogen) atoms. The minimum atomic E-state index is -0.156. The lowest BCUT2D eigenvalue weighted by molar-refractivity contribution is -0.142. The van der Waals surface area contributed by atoms with Gasteiger partial charge < -0.3 is 10.1 Å². The van der Waals surface area contributed by atoms with Crippen LogP contribution >= 0.6 is 11.8 Å². The first kappa shape index (κ1) is 11.5. The lowest BCUT2D eigenvalue weighted by atomic mass is 10.2. The Morgan fingerprint density at radius 3 is 2.88 bits per heavy atom. The zero-order chi connectivity index (χ0) is 11.4. The molecule has 4 heteroatoms. The predicted octanol–water partition coefficient (Wildman–Crippen LogP) is 1.68. The molecule has 1 heterocycles. The van der Waals surface area contributed by atoms with Crippen LogP contribution in [-0.2, 0) is 9.53 Å². The van der Waals surface area contributed by atoms with E-state index in [1.54, 1.807) is 0 Å². The average Bonchev–Trinajstić information content (AvgIpc) is 2.78. The lowest BCUT2D eigenvalue weighted by Gasteiger charge is -2.08. The number of methoxy groups -OCH3 is 1. The largest absolute Gasteiger partial charge is 0.468 e. The van der Waals surface area contributed by atoms with E-state index in [9.17, 15) is 4.79 Å². The van der Waals surface area contributed by atoms with Gasteiger partial charge in [-0.3, -0.25) is 4.79 Å². The summed E-state index contributed by atoms with van der Waals surface area (Å²) in [6.45, 7) is 0.860. The van der Waals surface area contributed by atoms with Crippen molar-refractivity contribution in [1.29, 1.82) is 0 Å². The molecule has 1 aliphatic heterocycles. The minimum Gasteiger partial charge on any atom is -0.468 e. The summed E-state index contributed by atoms with van der Waals surface area (Å²) in [4.78, 5) is 12.6. The number of nitrogens with one attached hydrogen (secondary N) is 1. The lowest BCUT2D eigenvalue weighted by Crippen LogP contribution is -2.31. The Kier molecular flexibility index (Phi) is 3.85. The monoisotopic (exact) mass is 237 g/mol. The fourth-order valence-corrected chi connectivity index (χ4v) is 2.97. The Morgan fingerprint density at radius 1 is 1.44 bits per heavy atom. The maximum absolute atomic E-state index is 11.3. The molecule has 1 unspecified atom stereocenters. The number of carbonyl (C=O) groups excluding carboxylic acids is 1. The Morgan fingerprint density at radius 2 is 2.19 bits per heavy atom. The van der Waals surface area contributed by atoms with Gasteiger partial charge in [0.2, 0.25) is 0 Å². The maximum atomic E-state index is 11.3. The van der Waals surface area contributed by atoms with Gasteiger partial charge in [0.15, 0.2) is 0 Å². The molecule has 0 aliphatic carbocycles. The van der Waals surface area contributed by atoms with E-state index < -0.39 is 0 Å². The van der Waals surface area contributed by atoms with Gasteiger partial charge >= 0.3 is 5.97 Å². The molecule has 1 saturated heterocycles. The summed E-state index contributed by atoms with van der Waals surface area (Å²) in [5.74, 6) is -0.156. The van der Waals surface area contributed by atoms with Crippen molar-refractivity contribution in [3.8, 4) is 0 Å². The summed E-state index contributed by atoms with van der Waals surface area (Å²) in [6.07, 6.45) is 0.840. The summed E-state index contributed by atoms with van der Waals surface area (Å²) >= 11 is 1.81. The SMILES string of the molecule is COC(=O)[C@@H]1CC(Sc2ccccc2)CN1. The molecule has 3 nitrogen and oxygen atoms in total. The number of esters is 1. The van der Waals surface area contributed by atoms with Gasteiger partial charge in [-0.25, -0.2) is 0 Å². The van der Waals surface area contributed by atoms with E-state index >= 15 is 0 Å². The Hall–Kier alpha value is -1.00. The first-order valence-electron chi connectivity index (χ1n) is 5.32. The number of ether oxygens (including phenoxy) is 1. The van der Waals surface area contributed by atoms with E-state index in [1.165, 1.54) is 12.0 Å². The van der Waals surface area contributed by atoms with Crippen molar-refractivity contribution < 1.29 is 9.53 Å². The number of hydrogen-bond acceptors (Lipinski definition) is 4. The average molecular weight is 237 g/mol. The van der Waals surface area contributed by atoms with Crippen LogP contribution in [0.1, 0.15) is 6.42 Å². The van der Waals surface area contributed by atoms with Crippen LogP contribution in [-0.4, -0.2) is 30.9 Å². The fourth-order valence-electron chi connectivity index (χ4n) is 1.81. The minimum absolute atomic E-state index is 0.133. The highest BCUT2D eigenvalue weighted by Crippen LogP contribution is 2.28. The van der Waals surface area contributed by atoms with E-state index in [1.807, 2.05) is 30.0 Å². The van der Waals surface area contributed by atoms with Crippen molar-refractivity contribution in [3.05, 3.63) is 30.3 Å². The molecule has 1 N–H and O–H groups in total. The normalized spacial score (nSPS) is 24.3. The molecule has 1 aromatic carbocycles. The fraction of sp³-hybridized carbons (Fsp3) is 0.417. The Bertz CT molecular complexity index is 355. The van der Waals surface area contributed by atoms with Gasteiger partial charge in [-0.05, 0) is 18.6 Å². The van der Waals surface area contributed by atoms with Crippen LogP contribution in [0.2, 0.25) is 0 Å². The third-order valence-corrected chi connectivity index (χ3v) is 3.86. The first-order chi connectivity index (χ1) is 7.79. The van der Waals surface area contributed by atoms with E-state index in [0.29, 0.717) is 5.25 Å². The molecule has 0 aromatic heterocycles. The second-order valence-corrected chi connectivity index (χ2v) is 5.15. The van der Waals surface area contributed by atoms with Gasteiger partial charge in [0.1, 0.15) is 6.04 Å². The van der Waals surface area contributed by atoms with Crippen LogP contribution < -0.4 is 5.32 Å². The first-order valence-corrected chi connectivity index (χ1v) is 6.20. The van der Waals surface area contributed by atoms with Gasteiger partial charge in [0, 0.05) is 16.7 Å². The molecule has 0 radical (unpaired) electrons. The summed E-state index contributed by atoms with van der Waals surface area (Å²) in [5.41, 5.74) is 0. The smallest absolute Gasteiger partial charge is 0.322 e. The molecule has 86 valence electrons. The molecule has 2 atom stereocenters. The van der Waals surface area contributed by atoms with Gasteiger partial charge in [0.25, 0.3) is 0 Å². The van der Waals surface area contributed by atoms with Crippen molar-refractivity contribution >= 4 is 17.7 Å². The molecular formula is C12H15NO2S. The second-order valence-electron chi connectivity index (χ2n) is 3.77. The molecule has 0 bridgehead atoms. The molecule has 0 spiro atoms. The van der Waals surface area contributed by atoms with Crippen LogP contribution in [0.5, 0.6) is 0 Å². The van der Waals surface area contributed by atoms with Gasteiger partial charge in [-0.15, -0.1) is 11.8 Å². The third-order valence-electron chi connectivity index (χ3n) is 2.62. The molecule has 1 aromatic rings. The highest BCUT2D eigenvalue weighted by atomic mass is 32.2. The molecular weight excluding hydrogens is 222 g/mol. The third kappa shape index (κ3) is 2.77. The second kappa shape index (κ2) is 5.37. The van der Waals surface area contributed by atoms with Crippen molar-refractivity contribution in [2.45, 2.75) is 22.6 Å². The van der Waals surface area contributed by atoms with Crippen LogP contribution in [0.15, 0.2) is 35.2 Å². The van der Waals surface area contributed by atoms with Crippen molar-refractivity contribution in [1.82, 2.24) is 5.32 Å². The standard InChI is InChI=1S/C12H15NO2S/c1-15-12(14)11-7-10(8-13-11)16-9-5-3-2-4-6-9/h2-6,10-11,13H,7-8H2,1H3/t10?,11-/m0/s1. The van der Waals surface area contributed by atoms with E-state index in [-0.39, 0.29) is 12.0 Å². The van der Waals surface area contributed by atoms with Gasteiger partial charge in [0.05, 0.1) is 7.11 Å². The number of thioether (sulfide) groups is 1. The summed E-state index contributed by atoms with van der Waals surface area (Å²) in [5, 5.41) is 3.63. The van der Waals surface area contributed by atoms with E-state index in [0.717, 1.165) is 13.0 Å². The Balaban J connectivity index is 1.88. The molecule has 1 fully saturated rings. The zero-order valence-electron chi connectivity index (χ0n) is 9.18. The van der Waals surface area contributed by atoms with E-state index in [4.69, 9.17) is 4.74 Å². The molecule has 0 amide bonds. The van der Waals surface area contributed by atoms with Crippen LogP contribution in [0.25, 0.3) is 0 Å². The highest BCUT2D eigenvalue weighted by molar-refractivity contribution is 8.00. The van der Waals surface area contributed by atoms with Gasteiger partial charge in [-0.2, -0.15) is 0 Å². The highest BCUT2D eigenvalue weighted by Gasteiger charge is 2.30. The summed E-state index contributed by atoms with van der Waals surface area (Å²) < 4.78 is 4.72. The predicted molar refractivity (Wildman–Crippen MR) is 64.5 cm³/mol. The summed E-state index contributed by atoms with van der Waals surface area (Å²) in [6, 6.07) is 10.1. The number of hydrogen-bond donors (Lipinski definition) is 1. The maximum Gasteiger partial charge on any atom is 0.322 e. The van der Waals surface area contributed by atoms with Crippen molar-refractivity contribution in [2.24, 2.45) is 0 Å². The van der Waals surface area contributed by atoms with Crippen molar-refractivity contribution in [2.75, 3.05) is 13.7 Å². The number of benzene rings is 1. The number of carbonyl (C=O) groups is 1. The van der Waals surface area contributed by atoms with Crippen molar-refractivity contribution in [3.63, 3.8) is 0 Å². The number of rotatable bonds is 3.